The smallest absolute Gasteiger partial charge is 0.315 e. The van der Waals surface area contributed by atoms with Crippen molar-refractivity contribution in [1.82, 2.24) is 5.32 Å². The first-order valence-electron chi connectivity index (χ1n) is 5.86. The quantitative estimate of drug-likeness (QED) is 0.838. The van der Waals surface area contributed by atoms with Gasteiger partial charge in [0.1, 0.15) is 0 Å². The molecule has 0 saturated carbocycles. The Morgan fingerprint density at radius 1 is 1.47 bits per heavy atom. The van der Waals surface area contributed by atoms with Crippen molar-refractivity contribution < 1.29 is 18.7 Å². The summed E-state index contributed by atoms with van der Waals surface area (Å²) in [5.74, 6) is -1.58. The number of nitrogens with one attached hydrogen (secondary N) is 1. The van der Waals surface area contributed by atoms with Gasteiger partial charge >= 0.3 is 6.43 Å². The highest BCUT2D eigenvalue weighted by Crippen LogP contribution is 2.21. The molecule has 1 amide bonds. The Bertz CT molecular complexity index is 441. The first-order valence-corrected chi connectivity index (χ1v) is 6.65. The van der Waals surface area contributed by atoms with Crippen molar-refractivity contribution >= 4 is 21.8 Å². The average molecular weight is 336 g/mol. The van der Waals surface area contributed by atoms with E-state index in [0.717, 1.165) is 15.6 Å². The van der Waals surface area contributed by atoms with Crippen LogP contribution in [-0.4, -0.2) is 30.6 Å². The van der Waals surface area contributed by atoms with Crippen molar-refractivity contribution in [1.29, 1.82) is 0 Å². The summed E-state index contributed by atoms with van der Waals surface area (Å²) >= 11 is 3.41. The van der Waals surface area contributed by atoms with Gasteiger partial charge < -0.3 is 10.4 Å². The zero-order valence-corrected chi connectivity index (χ0v) is 12.1. The molecule has 0 saturated heterocycles. The number of rotatable bonds is 6. The number of benzene rings is 1. The highest BCUT2D eigenvalue weighted by Gasteiger charge is 2.17. The van der Waals surface area contributed by atoms with Crippen LogP contribution >= 0.6 is 15.9 Å². The second-order valence-corrected chi connectivity index (χ2v) is 5.18. The van der Waals surface area contributed by atoms with Crippen molar-refractivity contribution in [2.45, 2.75) is 19.8 Å². The number of carbonyl (C=O) groups excluding carboxylic acids is 1. The number of amides is 1. The molecular formula is C13H16BrF2NO2. The Balaban J connectivity index is 2.62. The number of hydrogen-bond acceptors (Lipinski definition) is 2. The molecule has 1 atom stereocenters. The summed E-state index contributed by atoms with van der Waals surface area (Å²) in [6.07, 6.45) is -2.50. The lowest BCUT2D eigenvalue weighted by Gasteiger charge is -2.17. The number of carbonyl (C=O) groups is 1. The first kappa shape index (κ1) is 16.0. The molecule has 0 aliphatic rings. The molecule has 1 aromatic carbocycles. The third-order valence-electron chi connectivity index (χ3n) is 2.91. The summed E-state index contributed by atoms with van der Waals surface area (Å²) in [4.78, 5) is 10.8. The van der Waals surface area contributed by atoms with Crippen molar-refractivity contribution in [3.63, 3.8) is 0 Å². The standard InChI is InChI=1S/C13H16BrF2NO2/c1-8-10(3-2-4-11(8)14)5-9(7-18)6-17-13(19)12(15)16/h2-4,9,12,18H,5-7H2,1H3,(H,17,19). The lowest BCUT2D eigenvalue weighted by Crippen LogP contribution is -2.35. The van der Waals surface area contributed by atoms with Crippen LogP contribution in [0.4, 0.5) is 8.78 Å². The Morgan fingerprint density at radius 2 is 2.16 bits per heavy atom. The summed E-state index contributed by atoms with van der Waals surface area (Å²) < 4.78 is 25.0. The monoisotopic (exact) mass is 335 g/mol. The lowest BCUT2D eigenvalue weighted by molar-refractivity contribution is -0.131. The molecule has 6 heteroatoms. The van der Waals surface area contributed by atoms with Gasteiger partial charge in [-0.2, -0.15) is 8.78 Å². The van der Waals surface area contributed by atoms with E-state index in [1.807, 2.05) is 25.1 Å². The van der Waals surface area contributed by atoms with Gasteiger partial charge in [-0.1, -0.05) is 28.1 Å². The van der Waals surface area contributed by atoms with E-state index in [1.54, 1.807) is 0 Å². The number of aliphatic hydroxyl groups excluding tert-OH is 1. The molecule has 0 bridgehead atoms. The Morgan fingerprint density at radius 3 is 2.74 bits per heavy atom. The topological polar surface area (TPSA) is 49.3 Å². The highest BCUT2D eigenvalue weighted by molar-refractivity contribution is 9.10. The van der Waals surface area contributed by atoms with Crippen LogP contribution in [0.25, 0.3) is 0 Å². The van der Waals surface area contributed by atoms with Gasteiger partial charge in [0.15, 0.2) is 0 Å². The summed E-state index contributed by atoms with van der Waals surface area (Å²) in [6.45, 7) is 1.80. The minimum atomic E-state index is -3.02. The SMILES string of the molecule is Cc1c(Br)cccc1CC(CO)CNC(=O)C(F)F. The Kier molecular flexibility index (Phi) is 6.37. The molecule has 3 nitrogen and oxygen atoms in total. The molecule has 1 aromatic rings. The molecule has 0 aliphatic carbocycles. The normalized spacial score (nSPS) is 12.5. The van der Waals surface area contributed by atoms with Gasteiger partial charge in [-0.05, 0) is 30.5 Å². The summed E-state index contributed by atoms with van der Waals surface area (Å²) in [5, 5.41) is 11.4. The molecule has 19 heavy (non-hydrogen) atoms. The van der Waals surface area contributed by atoms with E-state index in [9.17, 15) is 18.7 Å². The van der Waals surface area contributed by atoms with Crippen molar-refractivity contribution in [2.24, 2.45) is 5.92 Å². The van der Waals surface area contributed by atoms with Crippen LogP contribution in [0.3, 0.4) is 0 Å². The highest BCUT2D eigenvalue weighted by atomic mass is 79.9. The number of hydrogen-bond donors (Lipinski definition) is 2. The fraction of sp³-hybridized carbons (Fsp3) is 0.462. The van der Waals surface area contributed by atoms with Crippen LogP contribution in [0.2, 0.25) is 0 Å². The number of halogens is 3. The fourth-order valence-electron chi connectivity index (χ4n) is 1.71. The second-order valence-electron chi connectivity index (χ2n) is 4.32. The van der Waals surface area contributed by atoms with E-state index < -0.39 is 12.3 Å². The zero-order chi connectivity index (χ0) is 14.4. The van der Waals surface area contributed by atoms with Gasteiger partial charge in [0.25, 0.3) is 5.91 Å². The van der Waals surface area contributed by atoms with E-state index >= 15 is 0 Å². The predicted octanol–water partition coefficient (Wildman–Crippen LogP) is 2.29. The van der Waals surface area contributed by atoms with Gasteiger partial charge in [-0.3, -0.25) is 4.79 Å². The van der Waals surface area contributed by atoms with Crippen LogP contribution < -0.4 is 5.32 Å². The lowest BCUT2D eigenvalue weighted by atomic mass is 9.96. The van der Waals surface area contributed by atoms with Crippen LogP contribution in [0.1, 0.15) is 11.1 Å². The largest absolute Gasteiger partial charge is 0.396 e. The maximum Gasteiger partial charge on any atom is 0.315 e. The molecule has 0 spiro atoms. The Hall–Kier alpha value is -1.01. The molecule has 1 unspecified atom stereocenters. The van der Waals surface area contributed by atoms with Crippen LogP contribution in [0, 0.1) is 12.8 Å². The molecule has 0 radical (unpaired) electrons. The molecule has 0 aromatic heterocycles. The van der Waals surface area contributed by atoms with Crippen molar-refractivity contribution in [3.8, 4) is 0 Å². The van der Waals surface area contributed by atoms with E-state index in [0.29, 0.717) is 6.42 Å². The van der Waals surface area contributed by atoms with Gasteiger partial charge in [0, 0.05) is 23.5 Å². The third-order valence-corrected chi connectivity index (χ3v) is 3.77. The van der Waals surface area contributed by atoms with E-state index in [2.05, 4.69) is 21.2 Å². The predicted molar refractivity (Wildman–Crippen MR) is 72.2 cm³/mol. The maximum atomic E-state index is 12.0. The summed E-state index contributed by atoms with van der Waals surface area (Å²) in [7, 11) is 0. The second kappa shape index (κ2) is 7.55. The Labute approximate surface area is 119 Å². The molecule has 2 N–H and O–H groups in total. The first-order chi connectivity index (χ1) is 8.95. The zero-order valence-electron chi connectivity index (χ0n) is 10.5. The summed E-state index contributed by atoms with van der Waals surface area (Å²) in [6, 6.07) is 5.70. The van der Waals surface area contributed by atoms with Crippen LogP contribution in [0.15, 0.2) is 22.7 Å². The molecular weight excluding hydrogens is 320 g/mol. The number of alkyl halides is 2. The molecule has 0 aliphatic heterocycles. The maximum absolute atomic E-state index is 12.0. The van der Waals surface area contributed by atoms with E-state index in [-0.39, 0.29) is 19.1 Å². The minimum Gasteiger partial charge on any atom is -0.396 e. The molecule has 0 heterocycles. The van der Waals surface area contributed by atoms with E-state index in [4.69, 9.17) is 0 Å². The summed E-state index contributed by atoms with van der Waals surface area (Å²) in [5.41, 5.74) is 2.06. The third kappa shape index (κ3) is 4.87. The van der Waals surface area contributed by atoms with Gasteiger partial charge in [-0.25, -0.2) is 0 Å². The fourth-order valence-corrected chi connectivity index (χ4v) is 2.11. The van der Waals surface area contributed by atoms with Crippen LogP contribution in [0.5, 0.6) is 0 Å². The van der Waals surface area contributed by atoms with Crippen molar-refractivity contribution in [3.05, 3.63) is 33.8 Å². The van der Waals surface area contributed by atoms with Crippen LogP contribution in [-0.2, 0) is 11.2 Å². The molecule has 106 valence electrons. The average Bonchev–Trinajstić information content (AvgIpc) is 2.38. The van der Waals surface area contributed by atoms with Gasteiger partial charge in [-0.15, -0.1) is 0 Å². The van der Waals surface area contributed by atoms with Crippen molar-refractivity contribution in [2.75, 3.05) is 13.2 Å². The molecule has 1 rings (SSSR count). The number of aliphatic hydroxyl groups is 1. The van der Waals surface area contributed by atoms with E-state index in [1.165, 1.54) is 0 Å². The van der Waals surface area contributed by atoms with Gasteiger partial charge in [0.2, 0.25) is 0 Å². The molecule has 0 fully saturated rings. The van der Waals surface area contributed by atoms with Gasteiger partial charge in [0.05, 0.1) is 0 Å². The minimum absolute atomic E-state index is 0.0334.